The van der Waals surface area contributed by atoms with Crippen LogP contribution in [0.15, 0.2) is 22.8 Å². The number of hydrogen-bond acceptors (Lipinski definition) is 4. The third-order valence-corrected chi connectivity index (χ3v) is 5.21. The smallest absolute Gasteiger partial charge is 0.150 e. The lowest BCUT2D eigenvalue weighted by atomic mass is 10.1. The van der Waals surface area contributed by atoms with Gasteiger partial charge in [-0.3, -0.25) is 4.98 Å². The summed E-state index contributed by atoms with van der Waals surface area (Å²) < 4.78 is 23.9. The molecule has 0 aliphatic carbocycles. The molecule has 0 aliphatic heterocycles. The largest absolute Gasteiger partial charge is 0.309 e. The van der Waals surface area contributed by atoms with Crippen molar-refractivity contribution >= 4 is 25.8 Å². The molecule has 0 saturated heterocycles. The molecule has 6 heteroatoms. The highest BCUT2D eigenvalue weighted by Crippen LogP contribution is 2.18. The summed E-state index contributed by atoms with van der Waals surface area (Å²) in [5, 5.41) is 3.35. The van der Waals surface area contributed by atoms with Crippen LogP contribution < -0.4 is 5.32 Å². The van der Waals surface area contributed by atoms with E-state index >= 15 is 0 Å². The fourth-order valence-corrected chi connectivity index (χ4v) is 2.98. The van der Waals surface area contributed by atoms with E-state index in [0.717, 1.165) is 23.1 Å². The first-order chi connectivity index (χ1) is 8.98. The van der Waals surface area contributed by atoms with Gasteiger partial charge in [0.25, 0.3) is 0 Å². The van der Waals surface area contributed by atoms with E-state index in [9.17, 15) is 8.42 Å². The lowest BCUT2D eigenvalue weighted by Crippen LogP contribution is -2.22. The van der Waals surface area contributed by atoms with Crippen LogP contribution in [0.3, 0.4) is 0 Å². The highest BCUT2D eigenvalue weighted by atomic mass is 79.9. The van der Waals surface area contributed by atoms with Crippen molar-refractivity contribution in [3.8, 4) is 0 Å². The zero-order valence-corrected chi connectivity index (χ0v) is 13.8. The highest BCUT2D eigenvalue weighted by molar-refractivity contribution is 9.10. The molecule has 108 valence electrons. The fourth-order valence-electron chi connectivity index (χ4n) is 1.85. The Bertz CT molecular complexity index is 474. The Balaban J connectivity index is 2.61. The van der Waals surface area contributed by atoms with Crippen LogP contribution in [0.1, 0.15) is 38.4 Å². The zero-order valence-electron chi connectivity index (χ0n) is 11.4. The van der Waals surface area contributed by atoms with Crippen molar-refractivity contribution < 1.29 is 8.42 Å². The van der Waals surface area contributed by atoms with E-state index in [2.05, 4.69) is 26.2 Å². The maximum Gasteiger partial charge on any atom is 0.150 e. The highest BCUT2D eigenvalue weighted by Gasteiger charge is 2.14. The Morgan fingerprint density at radius 2 is 2.11 bits per heavy atom. The van der Waals surface area contributed by atoms with E-state index in [1.165, 1.54) is 0 Å². The van der Waals surface area contributed by atoms with Gasteiger partial charge in [0.15, 0.2) is 0 Å². The number of rotatable bonds is 8. The normalized spacial score (nSPS) is 13.4. The maximum atomic E-state index is 11.5. The van der Waals surface area contributed by atoms with E-state index in [0.29, 0.717) is 6.42 Å². The third kappa shape index (κ3) is 6.01. The predicted octanol–water partition coefficient (Wildman–Crippen LogP) is 2.71. The average Bonchev–Trinajstić information content (AvgIpc) is 2.39. The first kappa shape index (κ1) is 16.6. The molecule has 4 nitrogen and oxygen atoms in total. The van der Waals surface area contributed by atoms with Crippen LogP contribution in [0.2, 0.25) is 0 Å². The van der Waals surface area contributed by atoms with E-state index in [1.54, 1.807) is 13.1 Å². The van der Waals surface area contributed by atoms with Crippen LogP contribution in [-0.2, 0) is 9.84 Å². The summed E-state index contributed by atoms with van der Waals surface area (Å²) in [6.45, 7) is 4.56. The SMILES string of the molecule is CCNC(CCCS(=O)(=O)CC)c1ccc(Br)cn1. The van der Waals surface area contributed by atoms with E-state index in [-0.39, 0.29) is 17.5 Å². The first-order valence-corrected chi connectivity index (χ1v) is 9.15. The van der Waals surface area contributed by atoms with E-state index in [4.69, 9.17) is 0 Å². The molecule has 1 unspecified atom stereocenters. The standard InChI is InChI=1S/C13H21BrN2O2S/c1-3-15-12(6-5-9-19(17,18)4-2)13-8-7-11(14)10-16-13/h7-8,10,12,15H,3-6,9H2,1-2H3. The molecule has 1 atom stereocenters. The van der Waals surface area contributed by atoms with Crippen LogP contribution in [0.5, 0.6) is 0 Å². The molecule has 19 heavy (non-hydrogen) atoms. The first-order valence-electron chi connectivity index (χ1n) is 6.53. The van der Waals surface area contributed by atoms with Gasteiger partial charge in [0, 0.05) is 22.5 Å². The minimum absolute atomic E-state index is 0.116. The molecule has 0 bridgehead atoms. The van der Waals surface area contributed by atoms with Crippen molar-refractivity contribution in [2.24, 2.45) is 0 Å². The minimum Gasteiger partial charge on any atom is -0.309 e. The molecule has 0 amide bonds. The van der Waals surface area contributed by atoms with Gasteiger partial charge in [-0.15, -0.1) is 0 Å². The number of hydrogen-bond donors (Lipinski definition) is 1. The minimum atomic E-state index is -2.87. The summed E-state index contributed by atoms with van der Waals surface area (Å²) in [7, 11) is -2.87. The molecule has 0 radical (unpaired) electrons. The van der Waals surface area contributed by atoms with Gasteiger partial charge in [0.2, 0.25) is 0 Å². The summed E-state index contributed by atoms with van der Waals surface area (Å²) in [5.41, 5.74) is 0.957. The monoisotopic (exact) mass is 348 g/mol. The number of sulfone groups is 1. The summed E-state index contributed by atoms with van der Waals surface area (Å²) in [6, 6.07) is 4.03. The van der Waals surface area contributed by atoms with E-state index < -0.39 is 9.84 Å². The van der Waals surface area contributed by atoms with Crippen LogP contribution in [-0.4, -0.2) is 31.5 Å². The molecule has 0 aliphatic rings. The van der Waals surface area contributed by atoms with Gasteiger partial charge in [0.05, 0.1) is 11.4 Å². The summed E-state index contributed by atoms with van der Waals surface area (Å²) in [6.07, 6.45) is 3.20. The quantitative estimate of drug-likeness (QED) is 0.784. The second kappa shape index (κ2) is 7.97. The Morgan fingerprint density at radius 1 is 1.37 bits per heavy atom. The second-order valence-electron chi connectivity index (χ2n) is 4.39. The molecular weight excluding hydrogens is 328 g/mol. The average molecular weight is 349 g/mol. The zero-order chi connectivity index (χ0) is 14.3. The molecule has 1 N–H and O–H groups in total. The molecule has 0 saturated carbocycles. The molecule has 0 spiro atoms. The molecule has 1 aromatic rings. The summed E-state index contributed by atoms with van der Waals surface area (Å²) >= 11 is 3.36. The lowest BCUT2D eigenvalue weighted by molar-refractivity contribution is 0.496. The molecule has 1 rings (SSSR count). The van der Waals surface area contributed by atoms with Gasteiger partial charge in [-0.2, -0.15) is 0 Å². The molecule has 0 aromatic carbocycles. The van der Waals surface area contributed by atoms with Gasteiger partial charge < -0.3 is 5.32 Å². The van der Waals surface area contributed by atoms with Gasteiger partial charge in [-0.1, -0.05) is 13.8 Å². The Kier molecular flexibility index (Phi) is 6.96. The van der Waals surface area contributed by atoms with Crippen LogP contribution in [0.25, 0.3) is 0 Å². The summed E-state index contributed by atoms with van der Waals surface area (Å²) in [4.78, 5) is 4.37. The van der Waals surface area contributed by atoms with Gasteiger partial charge in [-0.25, -0.2) is 8.42 Å². The van der Waals surface area contributed by atoms with Crippen molar-refractivity contribution in [2.45, 2.75) is 32.7 Å². The Labute approximate surface area is 124 Å². The number of nitrogens with one attached hydrogen (secondary N) is 1. The van der Waals surface area contributed by atoms with E-state index in [1.807, 2.05) is 19.1 Å². The van der Waals surface area contributed by atoms with Crippen molar-refractivity contribution in [1.29, 1.82) is 0 Å². The molecule has 1 heterocycles. The summed E-state index contributed by atoms with van der Waals surface area (Å²) in [5.74, 6) is 0.470. The lowest BCUT2D eigenvalue weighted by Gasteiger charge is -2.17. The van der Waals surface area contributed by atoms with Crippen molar-refractivity contribution in [2.75, 3.05) is 18.1 Å². The van der Waals surface area contributed by atoms with Crippen LogP contribution in [0, 0.1) is 0 Å². The van der Waals surface area contributed by atoms with Crippen molar-refractivity contribution in [3.05, 3.63) is 28.5 Å². The van der Waals surface area contributed by atoms with Crippen molar-refractivity contribution in [3.63, 3.8) is 0 Å². The predicted molar refractivity (Wildman–Crippen MR) is 81.9 cm³/mol. The molecule has 1 aromatic heterocycles. The van der Waals surface area contributed by atoms with Crippen LogP contribution in [0.4, 0.5) is 0 Å². The van der Waals surface area contributed by atoms with Gasteiger partial charge in [0.1, 0.15) is 9.84 Å². The molecule has 0 fully saturated rings. The topological polar surface area (TPSA) is 59.1 Å². The molecular formula is C13H21BrN2O2S. The van der Waals surface area contributed by atoms with Gasteiger partial charge >= 0.3 is 0 Å². The Morgan fingerprint density at radius 3 is 2.63 bits per heavy atom. The van der Waals surface area contributed by atoms with Crippen LogP contribution >= 0.6 is 15.9 Å². The number of halogens is 1. The van der Waals surface area contributed by atoms with Gasteiger partial charge in [-0.05, 0) is 47.4 Å². The maximum absolute atomic E-state index is 11.5. The number of aromatic nitrogens is 1. The number of nitrogens with zero attached hydrogens (tertiary/aromatic N) is 1. The van der Waals surface area contributed by atoms with Crippen molar-refractivity contribution in [1.82, 2.24) is 10.3 Å². The Hall–Kier alpha value is -0.460. The fraction of sp³-hybridized carbons (Fsp3) is 0.615. The number of pyridine rings is 1. The third-order valence-electron chi connectivity index (χ3n) is 2.95. The second-order valence-corrected chi connectivity index (χ2v) is 7.78.